The van der Waals surface area contributed by atoms with Gasteiger partial charge in [-0.1, -0.05) is 30.3 Å². The molecule has 1 aromatic carbocycles. The minimum atomic E-state index is 0.757. The number of rotatable bonds is 5. The van der Waals surface area contributed by atoms with Crippen LogP contribution in [-0.2, 0) is 6.42 Å². The molecule has 0 saturated carbocycles. The molecular weight excluding hydrogens is 296 g/mol. The molecule has 0 radical (unpaired) electrons. The first-order chi connectivity index (χ1) is 8.31. The molecule has 90 valence electrons. The standard InChI is InChI=1S/C13H15BrN2S/c14-12-11(8-4-5-9-15)16-13(17-12)10-6-2-1-3-7-10/h1-3,6-7H,4-5,8-9,15H2. The van der Waals surface area contributed by atoms with Crippen LogP contribution in [-0.4, -0.2) is 11.5 Å². The van der Waals surface area contributed by atoms with E-state index in [-0.39, 0.29) is 0 Å². The summed E-state index contributed by atoms with van der Waals surface area (Å²) in [7, 11) is 0. The van der Waals surface area contributed by atoms with Gasteiger partial charge < -0.3 is 5.73 Å². The van der Waals surface area contributed by atoms with Gasteiger partial charge in [0.05, 0.1) is 9.48 Å². The van der Waals surface area contributed by atoms with Crippen LogP contribution in [0.1, 0.15) is 18.5 Å². The molecule has 1 aromatic heterocycles. The number of nitrogens with zero attached hydrogens (tertiary/aromatic N) is 1. The summed E-state index contributed by atoms with van der Waals surface area (Å²) in [5.74, 6) is 0. The Balaban J connectivity index is 2.13. The molecule has 17 heavy (non-hydrogen) atoms. The Kier molecular flexibility index (Phi) is 4.71. The average molecular weight is 311 g/mol. The van der Waals surface area contributed by atoms with E-state index in [0.717, 1.165) is 40.3 Å². The van der Waals surface area contributed by atoms with E-state index < -0.39 is 0 Å². The highest BCUT2D eigenvalue weighted by Crippen LogP contribution is 2.32. The summed E-state index contributed by atoms with van der Waals surface area (Å²) in [6, 6.07) is 10.3. The van der Waals surface area contributed by atoms with Crippen molar-refractivity contribution in [3.63, 3.8) is 0 Å². The Morgan fingerprint density at radius 3 is 2.65 bits per heavy atom. The molecule has 0 unspecified atom stereocenters. The summed E-state index contributed by atoms with van der Waals surface area (Å²) in [6.45, 7) is 0.757. The first-order valence-corrected chi connectivity index (χ1v) is 7.33. The Labute approximate surface area is 114 Å². The van der Waals surface area contributed by atoms with Crippen LogP contribution in [0.15, 0.2) is 34.1 Å². The maximum Gasteiger partial charge on any atom is 0.124 e. The van der Waals surface area contributed by atoms with Gasteiger partial charge in [0.15, 0.2) is 0 Å². The number of nitrogens with two attached hydrogens (primary N) is 1. The Morgan fingerprint density at radius 1 is 1.18 bits per heavy atom. The zero-order valence-corrected chi connectivity index (χ0v) is 11.9. The highest BCUT2D eigenvalue weighted by atomic mass is 79.9. The van der Waals surface area contributed by atoms with Crippen LogP contribution in [0.4, 0.5) is 0 Å². The van der Waals surface area contributed by atoms with Gasteiger partial charge in [-0.3, -0.25) is 0 Å². The molecule has 2 rings (SSSR count). The van der Waals surface area contributed by atoms with Gasteiger partial charge >= 0.3 is 0 Å². The van der Waals surface area contributed by atoms with Crippen molar-refractivity contribution in [3.05, 3.63) is 39.8 Å². The molecule has 0 fully saturated rings. The SMILES string of the molecule is NCCCCc1nc(-c2ccccc2)sc1Br. The molecule has 0 atom stereocenters. The second kappa shape index (κ2) is 6.28. The van der Waals surface area contributed by atoms with Crippen LogP contribution >= 0.6 is 27.3 Å². The molecule has 2 aromatic rings. The summed E-state index contributed by atoms with van der Waals surface area (Å²) in [5.41, 5.74) is 7.84. The third-order valence-electron chi connectivity index (χ3n) is 2.54. The lowest BCUT2D eigenvalue weighted by Gasteiger charge is -1.96. The van der Waals surface area contributed by atoms with E-state index in [1.54, 1.807) is 11.3 Å². The molecule has 0 bridgehead atoms. The van der Waals surface area contributed by atoms with E-state index in [1.165, 1.54) is 5.56 Å². The predicted octanol–water partition coefficient (Wildman–Crippen LogP) is 3.85. The zero-order chi connectivity index (χ0) is 12.1. The molecule has 4 heteroatoms. The van der Waals surface area contributed by atoms with Gasteiger partial charge in [0.2, 0.25) is 0 Å². The van der Waals surface area contributed by atoms with E-state index in [9.17, 15) is 0 Å². The number of benzene rings is 1. The van der Waals surface area contributed by atoms with Crippen LogP contribution in [0.2, 0.25) is 0 Å². The monoisotopic (exact) mass is 310 g/mol. The van der Waals surface area contributed by atoms with Crippen molar-refractivity contribution in [1.82, 2.24) is 4.98 Å². The van der Waals surface area contributed by atoms with Crippen molar-refractivity contribution >= 4 is 27.3 Å². The summed E-state index contributed by atoms with van der Waals surface area (Å²) in [5, 5.41) is 1.08. The fourth-order valence-corrected chi connectivity index (χ4v) is 3.22. The molecule has 0 saturated heterocycles. The summed E-state index contributed by atoms with van der Waals surface area (Å²) >= 11 is 5.29. The molecule has 0 spiro atoms. The Bertz CT molecular complexity index is 468. The minimum absolute atomic E-state index is 0.757. The van der Waals surface area contributed by atoms with Crippen molar-refractivity contribution in [2.45, 2.75) is 19.3 Å². The number of halogens is 1. The van der Waals surface area contributed by atoms with E-state index in [1.807, 2.05) is 18.2 Å². The number of aromatic nitrogens is 1. The van der Waals surface area contributed by atoms with Gasteiger partial charge in [0, 0.05) is 5.56 Å². The van der Waals surface area contributed by atoms with Gasteiger partial charge in [-0.25, -0.2) is 4.98 Å². The van der Waals surface area contributed by atoms with Crippen molar-refractivity contribution < 1.29 is 0 Å². The molecule has 0 aliphatic rings. The van der Waals surface area contributed by atoms with Crippen LogP contribution in [0.3, 0.4) is 0 Å². The predicted molar refractivity (Wildman–Crippen MR) is 77.2 cm³/mol. The van der Waals surface area contributed by atoms with Gasteiger partial charge in [0.25, 0.3) is 0 Å². The van der Waals surface area contributed by atoms with Crippen LogP contribution in [0, 0.1) is 0 Å². The fraction of sp³-hybridized carbons (Fsp3) is 0.308. The first kappa shape index (κ1) is 12.7. The van der Waals surface area contributed by atoms with Gasteiger partial charge in [-0.15, -0.1) is 11.3 Å². The number of unbranched alkanes of at least 4 members (excludes halogenated alkanes) is 1. The Morgan fingerprint density at radius 2 is 1.94 bits per heavy atom. The van der Waals surface area contributed by atoms with E-state index in [4.69, 9.17) is 5.73 Å². The van der Waals surface area contributed by atoms with Gasteiger partial charge in [-0.05, 0) is 41.7 Å². The van der Waals surface area contributed by atoms with Crippen molar-refractivity contribution in [2.24, 2.45) is 5.73 Å². The largest absolute Gasteiger partial charge is 0.330 e. The topological polar surface area (TPSA) is 38.9 Å². The second-order valence-electron chi connectivity index (χ2n) is 3.85. The lowest BCUT2D eigenvalue weighted by molar-refractivity contribution is 0.734. The number of hydrogen-bond acceptors (Lipinski definition) is 3. The smallest absolute Gasteiger partial charge is 0.124 e. The van der Waals surface area contributed by atoms with Crippen LogP contribution in [0.25, 0.3) is 10.6 Å². The summed E-state index contributed by atoms with van der Waals surface area (Å²) in [6.07, 6.45) is 3.17. The quantitative estimate of drug-likeness (QED) is 0.852. The zero-order valence-electron chi connectivity index (χ0n) is 9.53. The van der Waals surface area contributed by atoms with Crippen molar-refractivity contribution in [3.8, 4) is 10.6 Å². The third kappa shape index (κ3) is 3.37. The van der Waals surface area contributed by atoms with Gasteiger partial charge in [-0.2, -0.15) is 0 Å². The van der Waals surface area contributed by atoms with E-state index >= 15 is 0 Å². The van der Waals surface area contributed by atoms with Crippen LogP contribution < -0.4 is 5.73 Å². The average Bonchev–Trinajstić information content (AvgIpc) is 2.73. The maximum atomic E-state index is 5.50. The second-order valence-corrected chi connectivity index (χ2v) is 6.17. The molecule has 0 aliphatic carbocycles. The number of thiazole rings is 1. The molecule has 2 nitrogen and oxygen atoms in total. The highest BCUT2D eigenvalue weighted by molar-refractivity contribution is 9.11. The number of aryl methyl sites for hydroxylation is 1. The lowest BCUT2D eigenvalue weighted by atomic mass is 10.2. The summed E-state index contributed by atoms with van der Waals surface area (Å²) < 4.78 is 1.15. The van der Waals surface area contributed by atoms with E-state index in [2.05, 4.69) is 33.0 Å². The third-order valence-corrected chi connectivity index (χ3v) is 4.42. The lowest BCUT2D eigenvalue weighted by Crippen LogP contribution is -1.99. The minimum Gasteiger partial charge on any atom is -0.330 e. The normalized spacial score (nSPS) is 10.7. The first-order valence-electron chi connectivity index (χ1n) is 5.72. The van der Waals surface area contributed by atoms with E-state index in [0.29, 0.717) is 0 Å². The molecule has 0 aliphatic heterocycles. The molecule has 1 heterocycles. The van der Waals surface area contributed by atoms with Crippen LogP contribution in [0.5, 0.6) is 0 Å². The molecular formula is C13H15BrN2S. The molecule has 0 amide bonds. The summed E-state index contributed by atoms with van der Waals surface area (Å²) in [4.78, 5) is 4.68. The number of hydrogen-bond donors (Lipinski definition) is 1. The highest BCUT2D eigenvalue weighted by Gasteiger charge is 2.09. The fourth-order valence-electron chi connectivity index (χ4n) is 1.63. The Hall–Kier alpha value is -0.710. The van der Waals surface area contributed by atoms with Crippen molar-refractivity contribution in [2.75, 3.05) is 6.54 Å². The van der Waals surface area contributed by atoms with Crippen molar-refractivity contribution in [1.29, 1.82) is 0 Å². The van der Waals surface area contributed by atoms with Gasteiger partial charge in [0.1, 0.15) is 5.01 Å². The maximum absolute atomic E-state index is 5.50. The molecule has 2 N–H and O–H groups in total.